The maximum absolute atomic E-state index is 12.7. The summed E-state index contributed by atoms with van der Waals surface area (Å²) in [6.45, 7) is 3.35. The zero-order chi connectivity index (χ0) is 38.8. The summed E-state index contributed by atoms with van der Waals surface area (Å²) in [5.41, 5.74) is 0. The van der Waals surface area contributed by atoms with Gasteiger partial charge in [0.2, 0.25) is 0 Å². The van der Waals surface area contributed by atoms with Crippen LogP contribution in [0.2, 0.25) is 0 Å². The van der Waals surface area contributed by atoms with Gasteiger partial charge >= 0.3 is 11.9 Å². The van der Waals surface area contributed by atoms with Crippen molar-refractivity contribution in [3.8, 4) is 0 Å². The largest absolute Gasteiger partial charge is 0.462 e. The Morgan fingerprint density at radius 2 is 1.06 bits per heavy atom. The smallest absolute Gasteiger partial charge is 0.306 e. The Balaban J connectivity index is 2.38. The minimum atomic E-state index is -1.60. The minimum Gasteiger partial charge on any atom is -0.462 e. The van der Waals surface area contributed by atoms with Crippen molar-refractivity contribution in [2.24, 2.45) is 0 Å². The molecule has 1 saturated heterocycles. The molecule has 0 aliphatic carbocycles. The molecule has 1 heterocycles. The van der Waals surface area contributed by atoms with Crippen molar-refractivity contribution in [3.05, 3.63) is 36.5 Å². The zero-order valence-corrected chi connectivity index (χ0v) is 33.3. The van der Waals surface area contributed by atoms with Gasteiger partial charge in [0.1, 0.15) is 31.0 Å². The quantitative estimate of drug-likeness (QED) is 0.0219. The lowest BCUT2D eigenvalue weighted by atomic mass is 9.99. The Kier molecular flexibility index (Phi) is 31.8. The summed E-state index contributed by atoms with van der Waals surface area (Å²) in [5, 5.41) is 40.0. The normalized spacial score (nSPS) is 21.2. The Hall–Kier alpha value is -2.08. The molecule has 1 fully saturated rings. The van der Waals surface area contributed by atoms with Gasteiger partial charge in [0.15, 0.2) is 12.4 Å². The van der Waals surface area contributed by atoms with Crippen molar-refractivity contribution in [1.29, 1.82) is 0 Å². The van der Waals surface area contributed by atoms with Crippen LogP contribution in [-0.4, -0.2) is 89.0 Å². The van der Waals surface area contributed by atoms with E-state index in [0.29, 0.717) is 12.8 Å². The second kappa shape index (κ2) is 34.4. The summed E-state index contributed by atoms with van der Waals surface area (Å²) in [6, 6.07) is 0. The minimum absolute atomic E-state index is 0.216. The Morgan fingerprint density at radius 3 is 1.58 bits per heavy atom. The maximum Gasteiger partial charge on any atom is 0.306 e. The highest BCUT2D eigenvalue weighted by Gasteiger charge is 2.44. The summed E-state index contributed by atoms with van der Waals surface area (Å²) < 4.78 is 22.1. The topological polar surface area (TPSA) is 152 Å². The van der Waals surface area contributed by atoms with Gasteiger partial charge in [0, 0.05) is 12.8 Å². The molecule has 4 N–H and O–H groups in total. The predicted octanol–water partition coefficient (Wildman–Crippen LogP) is 8.33. The van der Waals surface area contributed by atoms with Gasteiger partial charge in [-0.2, -0.15) is 0 Å². The average molecular weight is 753 g/mol. The van der Waals surface area contributed by atoms with E-state index in [1.807, 2.05) is 0 Å². The summed E-state index contributed by atoms with van der Waals surface area (Å²) in [6.07, 6.45) is 30.0. The van der Waals surface area contributed by atoms with Crippen LogP contribution >= 0.6 is 0 Å². The van der Waals surface area contributed by atoms with Crippen LogP contribution in [0.4, 0.5) is 0 Å². The molecule has 0 aromatic heterocycles. The summed E-state index contributed by atoms with van der Waals surface area (Å²) in [7, 11) is 0. The van der Waals surface area contributed by atoms with Gasteiger partial charge in [0.25, 0.3) is 0 Å². The molecule has 308 valence electrons. The number of esters is 2. The van der Waals surface area contributed by atoms with Crippen LogP contribution in [0.5, 0.6) is 0 Å². The number of aliphatic hydroxyl groups is 4. The van der Waals surface area contributed by atoms with E-state index in [0.717, 1.165) is 77.0 Å². The molecular weight excluding hydrogens is 676 g/mol. The third-order valence-electron chi connectivity index (χ3n) is 9.53. The van der Waals surface area contributed by atoms with Crippen LogP contribution < -0.4 is 0 Å². The van der Waals surface area contributed by atoms with Crippen molar-refractivity contribution < 1.29 is 49.0 Å². The van der Waals surface area contributed by atoms with E-state index >= 15 is 0 Å². The van der Waals surface area contributed by atoms with E-state index in [2.05, 4.69) is 50.3 Å². The Bertz CT molecular complexity index is 965. The fourth-order valence-electron chi connectivity index (χ4n) is 6.11. The molecule has 0 saturated carbocycles. The molecule has 53 heavy (non-hydrogen) atoms. The highest BCUT2D eigenvalue weighted by atomic mass is 16.7. The number of hydrogen-bond acceptors (Lipinski definition) is 10. The third-order valence-corrected chi connectivity index (χ3v) is 9.53. The van der Waals surface area contributed by atoms with Crippen LogP contribution in [-0.2, 0) is 28.5 Å². The number of ether oxygens (including phenoxy) is 4. The van der Waals surface area contributed by atoms with Gasteiger partial charge in [-0.3, -0.25) is 9.59 Å². The zero-order valence-electron chi connectivity index (χ0n) is 33.3. The molecule has 0 bridgehead atoms. The van der Waals surface area contributed by atoms with Crippen molar-refractivity contribution in [2.45, 2.75) is 205 Å². The van der Waals surface area contributed by atoms with Gasteiger partial charge in [-0.1, -0.05) is 127 Å². The molecule has 6 atom stereocenters. The summed E-state index contributed by atoms with van der Waals surface area (Å²) >= 11 is 0. The van der Waals surface area contributed by atoms with Crippen molar-refractivity contribution in [2.75, 3.05) is 19.8 Å². The standard InChI is InChI=1S/C43H76O10/c1-3-5-7-9-11-13-15-17-18-20-21-23-25-27-29-31-38(45)50-34-36(35-51-43-42(49)41(48)40(47)37(33-44)53-43)52-39(46)32-30-28-26-24-22-19-16-14-12-10-8-6-4-2/h13-18,36-37,40-44,47-49H,3-12,19-35H2,1-2H3/b15-13+,16-14+,18-17+/t36-,37-,40+,41?,42?,43-/m0/s1. The lowest BCUT2D eigenvalue weighted by Crippen LogP contribution is -2.59. The molecule has 0 spiro atoms. The van der Waals surface area contributed by atoms with Gasteiger partial charge in [0.05, 0.1) is 13.2 Å². The molecule has 10 nitrogen and oxygen atoms in total. The number of hydrogen-bond donors (Lipinski definition) is 4. The van der Waals surface area contributed by atoms with E-state index in [4.69, 9.17) is 18.9 Å². The molecule has 1 aliphatic rings. The van der Waals surface area contributed by atoms with E-state index in [1.165, 1.54) is 51.4 Å². The first-order chi connectivity index (χ1) is 25.8. The third kappa shape index (κ3) is 26.4. The SMILES string of the molecule is CCCCCC/C=C/C=C/CCCCCCCC(=O)OC[C@@H](CO[C@H]1O[C@@H](CO)[C@@H](O)C(O)C1O)OC(=O)CCCCCCC/C=C/CCCCCC. The first-order valence-electron chi connectivity index (χ1n) is 21.1. The monoisotopic (exact) mass is 753 g/mol. The first kappa shape index (κ1) is 48.9. The number of aliphatic hydroxyl groups excluding tert-OH is 4. The molecular formula is C43H76O10. The molecule has 0 radical (unpaired) electrons. The van der Waals surface area contributed by atoms with Crippen LogP contribution in [0.15, 0.2) is 36.5 Å². The van der Waals surface area contributed by atoms with Crippen LogP contribution in [0.1, 0.15) is 168 Å². The molecule has 1 aliphatic heterocycles. The van der Waals surface area contributed by atoms with Crippen LogP contribution in [0, 0.1) is 0 Å². The Labute approximate surface area is 321 Å². The highest BCUT2D eigenvalue weighted by Crippen LogP contribution is 2.22. The van der Waals surface area contributed by atoms with Crippen molar-refractivity contribution >= 4 is 11.9 Å². The number of carbonyl (C=O) groups excluding carboxylic acids is 2. The molecule has 0 aromatic carbocycles. The van der Waals surface area contributed by atoms with Crippen molar-refractivity contribution in [1.82, 2.24) is 0 Å². The average Bonchev–Trinajstić information content (AvgIpc) is 3.15. The molecule has 0 amide bonds. The lowest BCUT2D eigenvalue weighted by molar-refractivity contribution is -0.305. The predicted molar refractivity (Wildman–Crippen MR) is 210 cm³/mol. The van der Waals surface area contributed by atoms with E-state index in [1.54, 1.807) is 0 Å². The fourth-order valence-corrected chi connectivity index (χ4v) is 6.11. The van der Waals surface area contributed by atoms with E-state index in [9.17, 15) is 30.0 Å². The second-order valence-corrected chi connectivity index (χ2v) is 14.5. The summed E-state index contributed by atoms with van der Waals surface area (Å²) in [5.74, 6) is -0.836. The van der Waals surface area contributed by atoms with Gasteiger partial charge < -0.3 is 39.4 Å². The molecule has 2 unspecified atom stereocenters. The van der Waals surface area contributed by atoms with Gasteiger partial charge in [-0.05, 0) is 64.2 Å². The number of allylic oxidation sites excluding steroid dienone is 6. The maximum atomic E-state index is 12.7. The molecule has 1 rings (SSSR count). The Morgan fingerprint density at radius 1 is 0.585 bits per heavy atom. The van der Waals surface area contributed by atoms with Gasteiger partial charge in [-0.15, -0.1) is 0 Å². The van der Waals surface area contributed by atoms with Crippen molar-refractivity contribution in [3.63, 3.8) is 0 Å². The highest BCUT2D eigenvalue weighted by molar-refractivity contribution is 5.70. The van der Waals surface area contributed by atoms with Gasteiger partial charge in [-0.25, -0.2) is 0 Å². The number of carbonyl (C=O) groups is 2. The molecule has 0 aromatic rings. The van der Waals surface area contributed by atoms with E-state index in [-0.39, 0.29) is 26.1 Å². The fraction of sp³-hybridized carbons (Fsp3) is 0.814. The van der Waals surface area contributed by atoms with Crippen LogP contribution in [0.25, 0.3) is 0 Å². The molecule has 10 heteroatoms. The van der Waals surface area contributed by atoms with E-state index < -0.39 is 55.4 Å². The summed E-state index contributed by atoms with van der Waals surface area (Å²) in [4.78, 5) is 25.2. The second-order valence-electron chi connectivity index (χ2n) is 14.5. The van der Waals surface area contributed by atoms with Crippen LogP contribution in [0.3, 0.4) is 0 Å². The number of unbranched alkanes of at least 4 members (excludes halogenated alkanes) is 18. The number of rotatable bonds is 34. The first-order valence-corrected chi connectivity index (χ1v) is 21.1. The lowest BCUT2D eigenvalue weighted by Gasteiger charge is -2.39.